The number of hydrogen-bond acceptors (Lipinski definition) is 2. The van der Waals surface area contributed by atoms with Crippen LogP contribution in [0.2, 0.25) is 0 Å². The zero-order valence-corrected chi connectivity index (χ0v) is 5.68. The van der Waals surface area contributed by atoms with Crippen LogP contribution in [0, 0.1) is 0 Å². The van der Waals surface area contributed by atoms with Crippen molar-refractivity contribution < 1.29 is 0 Å². The lowest BCUT2D eigenvalue weighted by Crippen LogP contribution is -2.13. The second-order valence-electron chi connectivity index (χ2n) is 1.98. The monoisotopic (exact) mass is 125 g/mol. The fraction of sp³-hybridized carbons (Fsp3) is 0.500. The number of hydrogen-bond donors (Lipinski definition) is 2. The van der Waals surface area contributed by atoms with Crippen LogP contribution >= 0.6 is 0 Å². The third-order valence-corrected chi connectivity index (χ3v) is 1.36. The van der Waals surface area contributed by atoms with Crippen LogP contribution < -0.4 is 5.32 Å². The molecule has 1 aromatic heterocycles. The van der Waals surface area contributed by atoms with Crippen LogP contribution in [0.3, 0.4) is 0 Å². The number of imidazole rings is 1. The summed E-state index contributed by atoms with van der Waals surface area (Å²) < 4.78 is 0. The minimum Gasteiger partial charge on any atom is -0.347 e. The molecule has 0 bridgehead atoms. The van der Waals surface area contributed by atoms with Gasteiger partial charge in [-0.15, -0.1) is 0 Å². The number of H-pyrrole nitrogens is 1. The first kappa shape index (κ1) is 6.29. The second-order valence-corrected chi connectivity index (χ2v) is 1.98. The van der Waals surface area contributed by atoms with Crippen molar-refractivity contribution in [3.05, 3.63) is 18.2 Å². The first-order valence-electron chi connectivity index (χ1n) is 3.01. The van der Waals surface area contributed by atoms with Gasteiger partial charge in [-0.3, -0.25) is 0 Å². The van der Waals surface area contributed by atoms with Gasteiger partial charge in [0.15, 0.2) is 0 Å². The maximum atomic E-state index is 4.07. The van der Waals surface area contributed by atoms with Gasteiger partial charge in [0.1, 0.15) is 5.82 Å². The highest BCUT2D eigenvalue weighted by Gasteiger charge is 2.01. The number of nitrogens with one attached hydrogen (secondary N) is 2. The van der Waals surface area contributed by atoms with Crippen molar-refractivity contribution in [1.29, 1.82) is 0 Å². The molecule has 0 radical (unpaired) electrons. The van der Waals surface area contributed by atoms with Crippen molar-refractivity contribution in [3.63, 3.8) is 0 Å². The smallest absolute Gasteiger partial charge is 0.122 e. The Morgan fingerprint density at radius 2 is 2.56 bits per heavy atom. The van der Waals surface area contributed by atoms with Crippen LogP contribution in [-0.4, -0.2) is 17.0 Å². The number of aromatic nitrogens is 2. The van der Waals surface area contributed by atoms with Gasteiger partial charge >= 0.3 is 0 Å². The summed E-state index contributed by atoms with van der Waals surface area (Å²) in [6, 6.07) is 0.319. The molecule has 3 heteroatoms. The number of aromatic amines is 1. The molecular weight excluding hydrogens is 114 g/mol. The maximum Gasteiger partial charge on any atom is 0.122 e. The SMILES string of the molecule is CNC(C)c1ncc[nH]1. The predicted octanol–water partition coefficient (Wildman–Crippen LogP) is 0.690. The zero-order valence-electron chi connectivity index (χ0n) is 5.68. The predicted molar refractivity (Wildman–Crippen MR) is 36.1 cm³/mol. The topological polar surface area (TPSA) is 40.7 Å². The van der Waals surface area contributed by atoms with Crippen molar-refractivity contribution in [2.75, 3.05) is 7.05 Å². The molecule has 0 saturated carbocycles. The van der Waals surface area contributed by atoms with Crippen molar-refractivity contribution in [2.24, 2.45) is 0 Å². The minimum atomic E-state index is 0.319. The molecule has 0 aliphatic carbocycles. The lowest BCUT2D eigenvalue weighted by atomic mass is 10.3. The van der Waals surface area contributed by atoms with Crippen molar-refractivity contribution in [1.82, 2.24) is 15.3 Å². The van der Waals surface area contributed by atoms with E-state index in [9.17, 15) is 0 Å². The molecule has 2 N–H and O–H groups in total. The van der Waals surface area contributed by atoms with Gasteiger partial charge in [0.2, 0.25) is 0 Å². The molecular formula is C6H11N3. The van der Waals surface area contributed by atoms with E-state index in [1.54, 1.807) is 6.20 Å². The fourth-order valence-corrected chi connectivity index (χ4v) is 0.651. The van der Waals surface area contributed by atoms with Gasteiger partial charge in [0.25, 0.3) is 0 Å². The van der Waals surface area contributed by atoms with Gasteiger partial charge in [-0.1, -0.05) is 0 Å². The average Bonchev–Trinajstić information content (AvgIpc) is 2.37. The van der Waals surface area contributed by atoms with E-state index in [-0.39, 0.29) is 0 Å². The van der Waals surface area contributed by atoms with E-state index in [1.165, 1.54) is 0 Å². The summed E-state index contributed by atoms with van der Waals surface area (Å²) >= 11 is 0. The van der Waals surface area contributed by atoms with E-state index in [4.69, 9.17) is 0 Å². The normalized spacial score (nSPS) is 13.6. The summed E-state index contributed by atoms with van der Waals surface area (Å²) in [6.45, 7) is 2.05. The third-order valence-electron chi connectivity index (χ3n) is 1.36. The van der Waals surface area contributed by atoms with Crippen molar-refractivity contribution >= 4 is 0 Å². The Morgan fingerprint density at radius 3 is 3.00 bits per heavy atom. The Morgan fingerprint density at radius 1 is 1.78 bits per heavy atom. The van der Waals surface area contributed by atoms with E-state index in [1.807, 2.05) is 13.2 Å². The van der Waals surface area contributed by atoms with Crippen molar-refractivity contribution in [3.8, 4) is 0 Å². The molecule has 50 valence electrons. The standard InChI is InChI=1S/C6H11N3/c1-5(7-2)6-8-3-4-9-6/h3-5,7H,1-2H3,(H,8,9). The lowest BCUT2D eigenvalue weighted by Gasteiger charge is -2.04. The summed E-state index contributed by atoms with van der Waals surface area (Å²) in [5.41, 5.74) is 0. The van der Waals surface area contributed by atoms with Gasteiger partial charge in [-0.25, -0.2) is 4.98 Å². The summed E-state index contributed by atoms with van der Waals surface area (Å²) in [7, 11) is 1.91. The highest BCUT2D eigenvalue weighted by molar-refractivity contribution is 4.92. The van der Waals surface area contributed by atoms with E-state index >= 15 is 0 Å². The van der Waals surface area contributed by atoms with Crippen LogP contribution in [0.15, 0.2) is 12.4 Å². The van der Waals surface area contributed by atoms with Crippen molar-refractivity contribution in [2.45, 2.75) is 13.0 Å². The van der Waals surface area contributed by atoms with Gasteiger partial charge in [0.05, 0.1) is 6.04 Å². The molecule has 1 unspecified atom stereocenters. The van der Waals surface area contributed by atoms with Crippen LogP contribution in [0.25, 0.3) is 0 Å². The molecule has 0 fully saturated rings. The maximum absolute atomic E-state index is 4.07. The summed E-state index contributed by atoms with van der Waals surface area (Å²) in [5, 5.41) is 3.07. The van der Waals surface area contributed by atoms with Gasteiger partial charge in [-0.2, -0.15) is 0 Å². The molecule has 9 heavy (non-hydrogen) atoms. The molecule has 1 atom stereocenters. The minimum absolute atomic E-state index is 0.319. The fourth-order valence-electron chi connectivity index (χ4n) is 0.651. The molecule has 1 aromatic rings. The first-order chi connectivity index (χ1) is 4.34. The molecule has 1 heterocycles. The van der Waals surface area contributed by atoms with Gasteiger partial charge in [-0.05, 0) is 14.0 Å². The zero-order chi connectivity index (χ0) is 6.69. The lowest BCUT2D eigenvalue weighted by molar-refractivity contribution is 0.618. The number of nitrogens with zero attached hydrogens (tertiary/aromatic N) is 1. The quantitative estimate of drug-likeness (QED) is 0.610. The third kappa shape index (κ3) is 1.29. The van der Waals surface area contributed by atoms with Crippen LogP contribution in [0.1, 0.15) is 18.8 Å². The first-order valence-corrected chi connectivity index (χ1v) is 3.01. The average molecular weight is 125 g/mol. The van der Waals surface area contributed by atoms with E-state index in [0.29, 0.717) is 6.04 Å². The molecule has 0 spiro atoms. The molecule has 0 aromatic carbocycles. The highest BCUT2D eigenvalue weighted by Crippen LogP contribution is 2.02. The molecule has 0 aliphatic rings. The molecule has 0 amide bonds. The second kappa shape index (κ2) is 2.64. The summed E-state index contributed by atoms with van der Waals surface area (Å²) in [6.07, 6.45) is 3.58. The highest BCUT2D eigenvalue weighted by atomic mass is 15.0. The van der Waals surface area contributed by atoms with Crippen LogP contribution in [-0.2, 0) is 0 Å². The van der Waals surface area contributed by atoms with Gasteiger partial charge in [0, 0.05) is 12.4 Å². The molecule has 1 rings (SSSR count). The van der Waals surface area contributed by atoms with Crippen LogP contribution in [0.4, 0.5) is 0 Å². The Hall–Kier alpha value is -0.830. The summed E-state index contributed by atoms with van der Waals surface area (Å²) in [5.74, 6) is 0.984. The molecule has 3 nitrogen and oxygen atoms in total. The van der Waals surface area contributed by atoms with E-state index < -0.39 is 0 Å². The van der Waals surface area contributed by atoms with E-state index in [0.717, 1.165) is 5.82 Å². The van der Waals surface area contributed by atoms with Crippen LogP contribution in [0.5, 0.6) is 0 Å². The molecule has 0 saturated heterocycles. The Bertz CT molecular complexity index is 157. The molecule has 0 aliphatic heterocycles. The Balaban J connectivity index is 2.65. The van der Waals surface area contributed by atoms with Gasteiger partial charge < -0.3 is 10.3 Å². The Labute approximate surface area is 54.5 Å². The Kier molecular flexibility index (Phi) is 1.85. The van der Waals surface area contributed by atoms with E-state index in [2.05, 4.69) is 22.2 Å². The largest absolute Gasteiger partial charge is 0.347 e. The number of rotatable bonds is 2. The summed E-state index contributed by atoms with van der Waals surface area (Å²) in [4.78, 5) is 7.08.